The number of nitrogens with zero attached hydrogens (tertiary/aromatic N) is 2. The molecule has 0 unspecified atom stereocenters. The van der Waals surface area contributed by atoms with Crippen LogP contribution in [0.25, 0.3) is 6.08 Å². The van der Waals surface area contributed by atoms with E-state index in [1.807, 2.05) is 37.3 Å². The van der Waals surface area contributed by atoms with Crippen molar-refractivity contribution in [2.24, 2.45) is 4.99 Å². The molecule has 1 aromatic carbocycles. The first-order valence-electron chi connectivity index (χ1n) is 7.34. The Labute approximate surface area is 139 Å². The Hall–Kier alpha value is -2.27. The van der Waals surface area contributed by atoms with Crippen LogP contribution >= 0.6 is 11.8 Å². The minimum atomic E-state index is -0.0633. The molecule has 2 aromatic rings. The summed E-state index contributed by atoms with van der Waals surface area (Å²) in [4.78, 5) is 19.1. The van der Waals surface area contributed by atoms with E-state index in [1.165, 1.54) is 22.9 Å². The van der Waals surface area contributed by atoms with Gasteiger partial charge in [0.1, 0.15) is 11.5 Å². The molecular formula is C18H18N2O2S. The second-order valence-corrected chi connectivity index (χ2v) is 6.60. The van der Waals surface area contributed by atoms with Gasteiger partial charge in [-0.05, 0) is 67.9 Å². The summed E-state index contributed by atoms with van der Waals surface area (Å²) in [6.45, 7) is 6.00. The molecule has 1 amide bonds. The molecule has 0 aliphatic carbocycles. The molecule has 0 radical (unpaired) electrons. The molecule has 5 heteroatoms. The van der Waals surface area contributed by atoms with Gasteiger partial charge in [-0.15, -0.1) is 0 Å². The van der Waals surface area contributed by atoms with E-state index >= 15 is 0 Å². The molecule has 3 rings (SSSR count). The van der Waals surface area contributed by atoms with Crippen molar-refractivity contribution < 1.29 is 9.21 Å². The summed E-state index contributed by atoms with van der Waals surface area (Å²) in [6.07, 6.45) is 1.76. The zero-order valence-electron chi connectivity index (χ0n) is 13.6. The van der Waals surface area contributed by atoms with Crippen LogP contribution in [-0.2, 0) is 4.79 Å². The Balaban J connectivity index is 1.90. The highest BCUT2D eigenvalue weighted by atomic mass is 32.2. The van der Waals surface area contributed by atoms with Crippen LogP contribution in [0.2, 0.25) is 0 Å². The number of amidine groups is 1. The van der Waals surface area contributed by atoms with E-state index in [0.29, 0.717) is 15.8 Å². The second kappa shape index (κ2) is 6.08. The van der Waals surface area contributed by atoms with Crippen molar-refractivity contribution in [2.45, 2.75) is 20.8 Å². The average Bonchev–Trinajstić information content (AvgIpc) is 3.03. The molecule has 0 saturated carbocycles. The Morgan fingerprint density at radius 2 is 1.91 bits per heavy atom. The molecule has 1 aliphatic rings. The van der Waals surface area contributed by atoms with Gasteiger partial charge in [0, 0.05) is 13.1 Å². The van der Waals surface area contributed by atoms with Gasteiger partial charge in [0.25, 0.3) is 5.91 Å². The molecule has 0 bridgehead atoms. The molecular weight excluding hydrogens is 308 g/mol. The van der Waals surface area contributed by atoms with Crippen LogP contribution in [0.3, 0.4) is 0 Å². The summed E-state index contributed by atoms with van der Waals surface area (Å²) in [5, 5.41) is 0.674. The molecule has 0 atom stereocenters. The number of aryl methyl sites for hydroxylation is 3. The van der Waals surface area contributed by atoms with Crippen LogP contribution < -0.4 is 0 Å². The fourth-order valence-electron chi connectivity index (χ4n) is 2.22. The van der Waals surface area contributed by atoms with Crippen molar-refractivity contribution in [1.29, 1.82) is 0 Å². The van der Waals surface area contributed by atoms with Crippen LogP contribution in [0.1, 0.15) is 22.6 Å². The average molecular weight is 326 g/mol. The predicted molar refractivity (Wildman–Crippen MR) is 94.8 cm³/mol. The van der Waals surface area contributed by atoms with E-state index in [0.717, 1.165) is 11.4 Å². The number of rotatable bonds is 2. The first kappa shape index (κ1) is 15.6. The van der Waals surface area contributed by atoms with E-state index in [9.17, 15) is 4.79 Å². The first-order valence-corrected chi connectivity index (χ1v) is 8.15. The van der Waals surface area contributed by atoms with Gasteiger partial charge in [0.15, 0.2) is 5.17 Å². The summed E-state index contributed by atoms with van der Waals surface area (Å²) >= 11 is 1.36. The van der Waals surface area contributed by atoms with E-state index in [1.54, 1.807) is 18.0 Å². The standard InChI is InChI=1S/C18H18N2O2S/c1-11-5-7-14(9-12(11)2)19-18-20(4)17(21)16(23-18)10-15-8-6-13(3)22-15/h5-10H,1-4H3/b16-10+,19-18?. The third-order valence-corrected chi connectivity index (χ3v) is 4.81. The Bertz CT molecular complexity index is 833. The van der Waals surface area contributed by atoms with Crippen LogP contribution in [0.4, 0.5) is 5.69 Å². The number of carbonyl (C=O) groups excluding carboxylic acids is 1. The minimum absolute atomic E-state index is 0.0633. The van der Waals surface area contributed by atoms with Gasteiger partial charge in [-0.25, -0.2) is 4.99 Å². The summed E-state index contributed by atoms with van der Waals surface area (Å²) in [6, 6.07) is 9.77. The number of benzene rings is 1. The summed E-state index contributed by atoms with van der Waals surface area (Å²) in [5.41, 5.74) is 3.27. The van der Waals surface area contributed by atoms with Crippen molar-refractivity contribution in [3.8, 4) is 0 Å². The monoisotopic (exact) mass is 326 g/mol. The number of thioether (sulfide) groups is 1. The maximum Gasteiger partial charge on any atom is 0.266 e. The third kappa shape index (κ3) is 3.24. The Kier molecular flexibility index (Phi) is 4.13. The first-order chi connectivity index (χ1) is 10.9. The topological polar surface area (TPSA) is 45.8 Å². The molecule has 23 heavy (non-hydrogen) atoms. The van der Waals surface area contributed by atoms with Gasteiger partial charge >= 0.3 is 0 Å². The van der Waals surface area contributed by atoms with Gasteiger partial charge in [-0.2, -0.15) is 0 Å². The van der Waals surface area contributed by atoms with Gasteiger partial charge in [-0.3, -0.25) is 9.69 Å². The van der Waals surface area contributed by atoms with Crippen LogP contribution in [0.15, 0.2) is 44.6 Å². The lowest BCUT2D eigenvalue weighted by Gasteiger charge is -2.08. The largest absolute Gasteiger partial charge is 0.462 e. The Morgan fingerprint density at radius 1 is 1.13 bits per heavy atom. The number of aliphatic imine (C=N–C) groups is 1. The smallest absolute Gasteiger partial charge is 0.266 e. The van der Waals surface area contributed by atoms with Gasteiger partial charge in [0.2, 0.25) is 0 Å². The van der Waals surface area contributed by atoms with Crippen molar-refractivity contribution >= 4 is 34.6 Å². The number of furan rings is 1. The third-order valence-electron chi connectivity index (χ3n) is 3.75. The van der Waals surface area contributed by atoms with E-state index in [2.05, 4.69) is 18.8 Å². The maximum absolute atomic E-state index is 12.4. The second-order valence-electron chi connectivity index (χ2n) is 5.59. The van der Waals surface area contributed by atoms with Gasteiger partial charge < -0.3 is 4.42 Å². The molecule has 1 saturated heterocycles. The van der Waals surface area contributed by atoms with Crippen molar-refractivity contribution in [3.05, 3.63) is 57.9 Å². The number of hydrogen-bond donors (Lipinski definition) is 0. The minimum Gasteiger partial charge on any atom is -0.462 e. The van der Waals surface area contributed by atoms with Crippen molar-refractivity contribution in [2.75, 3.05) is 7.05 Å². The maximum atomic E-state index is 12.4. The fraction of sp³-hybridized carbons (Fsp3) is 0.222. The van der Waals surface area contributed by atoms with Gasteiger partial charge in [0.05, 0.1) is 10.6 Å². The van der Waals surface area contributed by atoms with Gasteiger partial charge in [-0.1, -0.05) is 6.07 Å². The van der Waals surface area contributed by atoms with E-state index < -0.39 is 0 Å². The highest BCUT2D eigenvalue weighted by Crippen LogP contribution is 2.33. The molecule has 1 aliphatic heterocycles. The number of likely N-dealkylation sites (N-methyl/N-ethyl adjacent to an activating group) is 1. The number of amides is 1. The zero-order chi connectivity index (χ0) is 16.6. The highest BCUT2D eigenvalue weighted by Gasteiger charge is 2.30. The molecule has 4 nitrogen and oxygen atoms in total. The summed E-state index contributed by atoms with van der Waals surface area (Å²) in [7, 11) is 1.74. The quantitative estimate of drug-likeness (QED) is 0.767. The molecule has 1 aromatic heterocycles. The lowest BCUT2D eigenvalue weighted by molar-refractivity contribution is -0.121. The number of carbonyl (C=O) groups is 1. The molecule has 118 valence electrons. The van der Waals surface area contributed by atoms with E-state index in [-0.39, 0.29) is 5.91 Å². The normalized spacial score (nSPS) is 18.4. The zero-order valence-corrected chi connectivity index (χ0v) is 14.4. The van der Waals surface area contributed by atoms with Crippen molar-refractivity contribution in [3.63, 3.8) is 0 Å². The van der Waals surface area contributed by atoms with Crippen LogP contribution in [0.5, 0.6) is 0 Å². The molecule has 0 N–H and O–H groups in total. The highest BCUT2D eigenvalue weighted by molar-refractivity contribution is 8.18. The number of hydrogen-bond acceptors (Lipinski definition) is 4. The predicted octanol–water partition coefficient (Wildman–Crippen LogP) is 4.44. The van der Waals surface area contributed by atoms with Crippen molar-refractivity contribution in [1.82, 2.24) is 4.90 Å². The lowest BCUT2D eigenvalue weighted by Crippen LogP contribution is -2.23. The van der Waals surface area contributed by atoms with E-state index in [4.69, 9.17) is 4.42 Å². The van der Waals surface area contributed by atoms with Crippen LogP contribution in [0, 0.1) is 20.8 Å². The molecule has 1 fully saturated rings. The summed E-state index contributed by atoms with van der Waals surface area (Å²) in [5.74, 6) is 1.44. The Morgan fingerprint density at radius 3 is 2.57 bits per heavy atom. The lowest BCUT2D eigenvalue weighted by atomic mass is 10.1. The summed E-state index contributed by atoms with van der Waals surface area (Å²) < 4.78 is 5.51. The molecule has 0 spiro atoms. The SMILES string of the molecule is Cc1ccc(/C=C2/SC(=Nc3ccc(C)c(C)c3)N(C)C2=O)o1. The fourth-order valence-corrected chi connectivity index (χ4v) is 3.18. The van der Waals surface area contributed by atoms with Crippen LogP contribution in [-0.4, -0.2) is 23.0 Å². The molecule has 2 heterocycles.